The number of hydrogen-bond acceptors (Lipinski definition) is 6. The SMILES string of the molecule is CC[C@]1(C)NC(=O)N(/N=C\c2ccccc2OCc2ccc(C(=O)OC)cc2)C1=O. The minimum atomic E-state index is -0.944. The molecule has 0 radical (unpaired) electrons. The number of hydrogen-bond donors (Lipinski definition) is 1. The summed E-state index contributed by atoms with van der Waals surface area (Å²) >= 11 is 0. The fraction of sp³-hybridized carbons (Fsp3) is 0.273. The first-order valence-corrected chi connectivity index (χ1v) is 9.47. The van der Waals surface area contributed by atoms with E-state index < -0.39 is 23.4 Å². The second-order valence-electron chi connectivity index (χ2n) is 6.99. The Bertz CT molecular complexity index is 987. The van der Waals surface area contributed by atoms with Crippen LogP contribution in [0.2, 0.25) is 0 Å². The van der Waals surface area contributed by atoms with Crippen LogP contribution in [0.15, 0.2) is 53.6 Å². The number of para-hydroxylation sites is 1. The van der Waals surface area contributed by atoms with E-state index in [9.17, 15) is 14.4 Å². The summed E-state index contributed by atoms with van der Waals surface area (Å²) in [6, 6.07) is 13.5. The van der Waals surface area contributed by atoms with E-state index >= 15 is 0 Å². The fourth-order valence-electron chi connectivity index (χ4n) is 2.87. The zero-order valence-electron chi connectivity index (χ0n) is 17.0. The number of carbonyl (C=O) groups excluding carboxylic acids is 3. The van der Waals surface area contributed by atoms with Gasteiger partial charge in [0.25, 0.3) is 5.91 Å². The molecule has 8 nitrogen and oxygen atoms in total. The summed E-state index contributed by atoms with van der Waals surface area (Å²) in [5, 5.41) is 7.56. The summed E-state index contributed by atoms with van der Waals surface area (Å²) < 4.78 is 10.6. The van der Waals surface area contributed by atoms with Crippen LogP contribution in [0.5, 0.6) is 5.75 Å². The third-order valence-electron chi connectivity index (χ3n) is 4.95. The van der Waals surface area contributed by atoms with Crippen molar-refractivity contribution in [2.75, 3.05) is 7.11 Å². The third-order valence-corrected chi connectivity index (χ3v) is 4.95. The first-order chi connectivity index (χ1) is 14.4. The number of urea groups is 1. The second-order valence-corrected chi connectivity index (χ2v) is 6.99. The highest BCUT2D eigenvalue weighted by molar-refractivity contribution is 6.07. The smallest absolute Gasteiger partial charge is 0.346 e. The van der Waals surface area contributed by atoms with Crippen molar-refractivity contribution in [2.45, 2.75) is 32.4 Å². The first-order valence-electron chi connectivity index (χ1n) is 9.47. The van der Waals surface area contributed by atoms with Gasteiger partial charge in [-0.15, -0.1) is 5.01 Å². The highest BCUT2D eigenvalue weighted by Gasteiger charge is 2.46. The maximum atomic E-state index is 12.4. The van der Waals surface area contributed by atoms with Gasteiger partial charge in [-0.1, -0.05) is 31.2 Å². The number of hydrazone groups is 1. The number of benzene rings is 2. The minimum absolute atomic E-state index is 0.267. The van der Waals surface area contributed by atoms with Crippen LogP contribution in [-0.4, -0.2) is 41.8 Å². The number of carbonyl (C=O) groups is 3. The van der Waals surface area contributed by atoms with E-state index in [2.05, 4.69) is 15.2 Å². The van der Waals surface area contributed by atoms with Gasteiger partial charge in [-0.2, -0.15) is 5.10 Å². The molecule has 1 N–H and O–H groups in total. The zero-order chi connectivity index (χ0) is 21.7. The van der Waals surface area contributed by atoms with Crippen molar-refractivity contribution in [2.24, 2.45) is 5.10 Å². The average Bonchev–Trinajstić information content (AvgIpc) is 2.99. The minimum Gasteiger partial charge on any atom is -0.488 e. The molecule has 1 atom stereocenters. The maximum Gasteiger partial charge on any atom is 0.346 e. The van der Waals surface area contributed by atoms with Crippen LogP contribution in [0.3, 0.4) is 0 Å². The molecule has 0 saturated carbocycles. The van der Waals surface area contributed by atoms with Crippen LogP contribution in [0.25, 0.3) is 0 Å². The molecule has 2 aromatic rings. The lowest BCUT2D eigenvalue weighted by molar-refractivity contribution is -0.130. The molecular formula is C22H23N3O5. The predicted octanol–water partition coefficient (Wildman–Crippen LogP) is 3.11. The summed E-state index contributed by atoms with van der Waals surface area (Å²) in [5.74, 6) is -0.248. The van der Waals surface area contributed by atoms with Gasteiger partial charge in [0, 0.05) is 5.56 Å². The Labute approximate surface area is 174 Å². The van der Waals surface area contributed by atoms with Gasteiger partial charge in [0.2, 0.25) is 0 Å². The molecule has 2 aromatic carbocycles. The lowest BCUT2D eigenvalue weighted by Crippen LogP contribution is -2.42. The Morgan fingerprint density at radius 3 is 2.50 bits per heavy atom. The molecule has 0 aliphatic carbocycles. The lowest BCUT2D eigenvalue weighted by atomic mass is 10.00. The van der Waals surface area contributed by atoms with Gasteiger partial charge < -0.3 is 14.8 Å². The van der Waals surface area contributed by atoms with Crippen LogP contribution in [0, 0.1) is 0 Å². The Hall–Kier alpha value is -3.68. The van der Waals surface area contributed by atoms with E-state index in [1.54, 1.807) is 49.4 Å². The summed E-state index contributed by atoms with van der Waals surface area (Å²) in [6.07, 6.45) is 1.90. The van der Waals surface area contributed by atoms with Crippen molar-refractivity contribution in [3.63, 3.8) is 0 Å². The van der Waals surface area contributed by atoms with E-state index in [-0.39, 0.29) is 6.61 Å². The van der Waals surface area contributed by atoms with Crippen LogP contribution < -0.4 is 10.1 Å². The van der Waals surface area contributed by atoms with Crippen molar-refractivity contribution in [1.82, 2.24) is 10.3 Å². The molecule has 30 heavy (non-hydrogen) atoms. The molecule has 156 valence electrons. The largest absolute Gasteiger partial charge is 0.488 e. The molecule has 0 spiro atoms. The molecule has 1 heterocycles. The maximum absolute atomic E-state index is 12.4. The summed E-state index contributed by atoms with van der Waals surface area (Å²) in [5.41, 5.74) is 0.999. The molecule has 1 saturated heterocycles. The second kappa shape index (κ2) is 8.77. The van der Waals surface area contributed by atoms with E-state index in [1.165, 1.54) is 13.3 Å². The topological polar surface area (TPSA) is 97.3 Å². The van der Waals surface area contributed by atoms with Crippen LogP contribution in [-0.2, 0) is 16.1 Å². The average molecular weight is 409 g/mol. The highest BCUT2D eigenvalue weighted by atomic mass is 16.5. The molecule has 0 bridgehead atoms. The van der Waals surface area contributed by atoms with Crippen LogP contribution >= 0.6 is 0 Å². The van der Waals surface area contributed by atoms with Gasteiger partial charge in [0.15, 0.2) is 0 Å². The number of esters is 1. The van der Waals surface area contributed by atoms with Gasteiger partial charge in [-0.3, -0.25) is 4.79 Å². The van der Waals surface area contributed by atoms with Gasteiger partial charge in [0.05, 0.1) is 18.9 Å². The molecule has 3 rings (SSSR count). The number of rotatable bonds is 7. The monoisotopic (exact) mass is 409 g/mol. The van der Waals surface area contributed by atoms with Crippen molar-refractivity contribution in [3.05, 3.63) is 65.2 Å². The molecule has 1 aliphatic rings. The standard InChI is InChI=1S/C22H23N3O5/c1-4-22(2)20(27)25(21(28)24-22)23-13-17-7-5-6-8-18(17)30-14-15-9-11-16(12-10-15)19(26)29-3/h5-13H,4,14H2,1-3H3,(H,24,28)/b23-13-/t22-/m0/s1. The van der Waals surface area contributed by atoms with Crippen molar-refractivity contribution in [3.8, 4) is 5.75 Å². The van der Waals surface area contributed by atoms with Gasteiger partial charge in [-0.05, 0) is 43.2 Å². The zero-order valence-corrected chi connectivity index (χ0v) is 17.0. The summed E-state index contributed by atoms with van der Waals surface area (Å²) in [7, 11) is 1.33. The quantitative estimate of drug-likeness (QED) is 0.431. The summed E-state index contributed by atoms with van der Waals surface area (Å²) in [4.78, 5) is 36.0. The van der Waals surface area contributed by atoms with Gasteiger partial charge >= 0.3 is 12.0 Å². The highest BCUT2D eigenvalue weighted by Crippen LogP contribution is 2.22. The molecule has 8 heteroatoms. The molecule has 0 unspecified atom stereocenters. The Morgan fingerprint density at radius 2 is 1.87 bits per heavy atom. The van der Waals surface area contributed by atoms with E-state index in [1.807, 2.05) is 13.0 Å². The number of imide groups is 1. The number of nitrogens with zero attached hydrogens (tertiary/aromatic N) is 2. The van der Waals surface area contributed by atoms with Gasteiger partial charge in [-0.25, -0.2) is 9.59 Å². The fourth-order valence-corrected chi connectivity index (χ4v) is 2.87. The normalized spacial score (nSPS) is 18.6. The van der Waals surface area contributed by atoms with Gasteiger partial charge in [0.1, 0.15) is 17.9 Å². The molecule has 1 aliphatic heterocycles. The number of ether oxygens (including phenoxy) is 2. The van der Waals surface area contributed by atoms with Crippen molar-refractivity contribution in [1.29, 1.82) is 0 Å². The van der Waals surface area contributed by atoms with Crippen molar-refractivity contribution >= 4 is 24.1 Å². The molecule has 3 amide bonds. The first kappa shape index (κ1) is 21.0. The Kier molecular flexibility index (Phi) is 6.15. The molecular weight excluding hydrogens is 386 g/mol. The van der Waals surface area contributed by atoms with Crippen molar-refractivity contribution < 1.29 is 23.9 Å². The van der Waals surface area contributed by atoms with E-state index in [4.69, 9.17) is 4.74 Å². The number of amides is 3. The van der Waals surface area contributed by atoms with Crippen LogP contribution in [0.1, 0.15) is 41.8 Å². The van der Waals surface area contributed by atoms with E-state index in [0.29, 0.717) is 23.3 Å². The lowest BCUT2D eigenvalue weighted by Gasteiger charge is -2.17. The molecule has 0 aromatic heterocycles. The Morgan fingerprint density at radius 1 is 1.17 bits per heavy atom. The third kappa shape index (κ3) is 4.32. The van der Waals surface area contributed by atoms with Crippen LogP contribution in [0.4, 0.5) is 4.79 Å². The Balaban J connectivity index is 1.71. The molecule has 1 fully saturated rings. The number of nitrogens with one attached hydrogen (secondary N) is 1. The summed E-state index contributed by atoms with van der Waals surface area (Å²) in [6.45, 7) is 3.76. The number of methoxy groups -OCH3 is 1. The predicted molar refractivity (Wildman–Crippen MR) is 110 cm³/mol. The van der Waals surface area contributed by atoms with E-state index in [0.717, 1.165) is 10.6 Å².